The fourth-order valence-electron chi connectivity index (χ4n) is 2.29. The summed E-state index contributed by atoms with van der Waals surface area (Å²) >= 11 is 0. The Morgan fingerprint density at radius 2 is 2.00 bits per heavy atom. The topological polar surface area (TPSA) is 83.6 Å². The molecule has 2 heterocycles. The molecule has 6 nitrogen and oxygen atoms in total. The molecule has 0 unspecified atom stereocenters. The van der Waals surface area contributed by atoms with Crippen LogP contribution in [0.3, 0.4) is 0 Å². The Morgan fingerprint density at radius 1 is 1.21 bits per heavy atom. The second-order valence-corrected chi connectivity index (χ2v) is 5.36. The van der Waals surface area contributed by atoms with E-state index in [0.717, 1.165) is 16.7 Å². The zero-order chi connectivity index (χ0) is 16.9. The van der Waals surface area contributed by atoms with Gasteiger partial charge in [-0.3, -0.25) is 14.5 Å². The van der Waals surface area contributed by atoms with E-state index < -0.39 is 0 Å². The van der Waals surface area contributed by atoms with E-state index in [4.69, 9.17) is 5.26 Å². The number of hydrogen-bond acceptors (Lipinski definition) is 4. The molecule has 2 aromatic heterocycles. The number of pyridine rings is 1. The van der Waals surface area contributed by atoms with Crippen LogP contribution in [0.5, 0.6) is 0 Å². The molecule has 118 valence electrons. The Hall–Kier alpha value is -3.46. The summed E-state index contributed by atoms with van der Waals surface area (Å²) in [6, 6.07) is 10.5. The van der Waals surface area contributed by atoms with Crippen molar-refractivity contribution in [2.45, 2.75) is 6.54 Å². The van der Waals surface area contributed by atoms with E-state index in [9.17, 15) is 4.79 Å². The molecule has 3 aromatic rings. The fraction of sp³-hybridized carbons (Fsp3) is 0.111. The molecule has 1 amide bonds. The van der Waals surface area contributed by atoms with E-state index in [2.05, 4.69) is 15.4 Å². The summed E-state index contributed by atoms with van der Waals surface area (Å²) in [4.78, 5) is 16.4. The van der Waals surface area contributed by atoms with E-state index in [1.54, 1.807) is 47.5 Å². The Kier molecular flexibility index (Phi) is 4.34. The SMILES string of the molecule is Cn1cc(-c2cncc(CNC(=O)c3ccc(C#N)cc3)c2)cn1. The van der Waals surface area contributed by atoms with Crippen molar-refractivity contribution in [2.24, 2.45) is 7.05 Å². The van der Waals surface area contributed by atoms with Crippen molar-refractivity contribution in [3.63, 3.8) is 0 Å². The highest BCUT2D eigenvalue weighted by Gasteiger charge is 2.07. The lowest BCUT2D eigenvalue weighted by atomic mass is 10.1. The first-order chi connectivity index (χ1) is 11.7. The van der Waals surface area contributed by atoms with Gasteiger partial charge in [-0.2, -0.15) is 10.4 Å². The molecule has 6 heteroatoms. The second kappa shape index (κ2) is 6.75. The molecule has 1 aromatic carbocycles. The number of aryl methyl sites for hydroxylation is 1. The van der Waals surface area contributed by atoms with Crippen LogP contribution in [-0.4, -0.2) is 20.7 Å². The van der Waals surface area contributed by atoms with Gasteiger partial charge in [0.05, 0.1) is 17.8 Å². The summed E-state index contributed by atoms with van der Waals surface area (Å²) in [5.41, 5.74) is 3.88. The quantitative estimate of drug-likeness (QED) is 0.800. The van der Waals surface area contributed by atoms with Gasteiger partial charge in [-0.25, -0.2) is 0 Å². The van der Waals surface area contributed by atoms with Gasteiger partial charge in [0.2, 0.25) is 0 Å². The molecule has 0 radical (unpaired) electrons. The molecular weight excluding hydrogens is 302 g/mol. The van der Waals surface area contributed by atoms with Crippen molar-refractivity contribution in [1.29, 1.82) is 5.26 Å². The van der Waals surface area contributed by atoms with E-state index >= 15 is 0 Å². The summed E-state index contributed by atoms with van der Waals surface area (Å²) < 4.78 is 1.73. The molecule has 0 atom stereocenters. The molecule has 0 aliphatic carbocycles. The minimum absolute atomic E-state index is 0.189. The number of nitrogens with zero attached hydrogens (tertiary/aromatic N) is 4. The second-order valence-electron chi connectivity index (χ2n) is 5.36. The lowest BCUT2D eigenvalue weighted by Gasteiger charge is -2.06. The zero-order valence-corrected chi connectivity index (χ0v) is 13.1. The van der Waals surface area contributed by atoms with Gasteiger partial charge < -0.3 is 5.32 Å². The molecule has 0 bridgehead atoms. The minimum Gasteiger partial charge on any atom is -0.348 e. The Bertz CT molecular complexity index is 906. The number of nitrogens with one attached hydrogen (secondary N) is 1. The lowest BCUT2D eigenvalue weighted by Crippen LogP contribution is -2.22. The number of nitriles is 1. The Labute approximate surface area is 139 Å². The van der Waals surface area contributed by atoms with Crippen LogP contribution in [-0.2, 0) is 13.6 Å². The van der Waals surface area contributed by atoms with Crippen LogP contribution in [0.4, 0.5) is 0 Å². The maximum atomic E-state index is 12.1. The Morgan fingerprint density at radius 3 is 2.67 bits per heavy atom. The minimum atomic E-state index is -0.189. The molecule has 0 saturated carbocycles. The normalized spacial score (nSPS) is 10.2. The summed E-state index contributed by atoms with van der Waals surface area (Å²) in [6.45, 7) is 0.375. The standard InChI is InChI=1S/C18H15N5O/c1-23-12-17(11-22-23)16-6-14(8-20-10-16)9-21-18(24)15-4-2-13(7-19)3-5-15/h2-6,8,10-12H,9H2,1H3,(H,21,24). The Balaban J connectivity index is 1.68. The largest absolute Gasteiger partial charge is 0.348 e. The maximum Gasteiger partial charge on any atom is 0.251 e. The van der Waals surface area contributed by atoms with Crippen molar-refractivity contribution in [2.75, 3.05) is 0 Å². The van der Waals surface area contributed by atoms with Gasteiger partial charge in [-0.05, 0) is 35.9 Å². The van der Waals surface area contributed by atoms with Crippen LogP contribution in [0.2, 0.25) is 0 Å². The number of carbonyl (C=O) groups is 1. The number of carbonyl (C=O) groups excluding carboxylic acids is 1. The molecule has 1 N–H and O–H groups in total. The number of benzene rings is 1. The van der Waals surface area contributed by atoms with Crippen LogP contribution in [0.1, 0.15) is 21.5 Å². The third-order valence-corrected chi connectivity index (χ3v) is 3.56. The third-order valence-electron chi connectivity index (χ3n) is 3.56. The van der Waals surface area contributed by atoms with E-state index in [-0.39, 0.29) is 5.91 Å². The van der Waals surface area contributed by atoms with Gasteiger partial charge in [-0.1, -0.05) is 0 Å². The van der Waals surface area contributed by atoms with Gasteiger partial charge in [0.1, 0.15) is 0 Å². The van der Waals surface area contributed by atoms with Crippen molar-refractivity contribution >= 4 is 5.91 Å². The van der Waals surface area contributed by atoms with E-state index in [1.807, 2.05) is 25.4 Å². The first kappa shape index (κ1) is 15.4. The van der Waals surface area contributed by atoms with Gasteiger partial charge in [0.25, 0.3) is 5.91 Å². The molecule has 0 saturated heterocycles. The smallest absolute Gasteiger partial charge is 0.251 e. The molecule has 0 spiro atoms. The lowest BCUT2D eigenvalue weighted by molar-refractivity contribution is 0.0951. The summed E-state index contributed by atoms with van der Waals surface area (Å²) in [5, 5.41) is 15.8. The number of aromatic nitrogens is 3. The average Bonchev–Trinajstić information content (AvgIpc) is 3.06. The van der Waals surface area contributed by atoms with Gasteiger partial charge in [0.15, 0.2) is 0 Å². The molecule has 0 aliphatic rings. The predicted molar refractivity (Wildman–Crippen MR) is 88.8 cm³/mol. The highest BCUT2D eigenvalue weighted by Crippen LogP contribution is 2.18. The van der Waals surface area contributed by atoms with Crippen LogP contribution in [0.25, 0.3) is 11.1 Å². The van der Waals surface area contributed by atoms with Gasteiger partial charge in [-0.15, -0.1) is 0 Å². The highest BCUT2D eigenvalue weighted by molar-refractivity contribution is 5.94. The van der Waals surface area contributed by atoms with Crippen molar-refractivity contribution in [3.8, 4) is 17.2 Å². The predicted octanol–water partition coefficient (Wildman–Crippen LogP) is 2.28. The van der Waals surface area contributed by atoms with Crippen LogP contribution < -0.4 is 5.32 Å². The summed E-state index contributed by atoms with van der Waals surface area (Å²) in [5.74, 6) is -0.189. The summed E-state index contributed by atoms with van der Waals surface area (Å²) in [7, 11) is 1.86. The summed E-state index contributed by atoms with van der Waals surface area (Å²) in [6.07, 6.45) is 7.17. The maximum absolute atomic E-state index is 12.1. The van der Waals surface area contributed by atoms with Gasteiger partial charge >= 0.3 is 0 Å². The van der Waals surface area contributed by atoms with Crippen LogP contribution in [0.15, 0.2) is 55.1 Å². The van der Waals surface area contributed by atoms with Crippen molar-refractivity contribution in [1.82, 2.24) is 20.1 Å². The molecule has 24 heavy (non-hydrogen) atoms. The van der Waals surface area contributed by atoms with E-state index in [0.29, 0.717) is 17.7 Å². The van der Waals surface area contributed by atoms with Gasteiger partial charge in [0, 0.05) is 48.9 Å². The molecule has 3 rings (SSSR count). The zero-order valence-electron chi connectivity index (χ0n) is 13.1. The highest BCUT2D eigenvalue weighted by atomic mass is 16.1. The van der Waals surface area contributed by atoms with Crippen LogP contribution >= 0.6 is 0 Å². The average molecular weight is 317 g/mol. The number of rotatable bonds is 4. The monoisotopic (exact) mass is 317 g/mol. The number of hydrogen-bond donors (Lipinski definition) is 1. The number of amides is 1. The fourth-order valence-corrected chi connectivity index (χ4v) is 2.29. The van der Waals surface area contributed by atoms with Crippen molar-refractivity contribution < 1.29 is 4.79 Å². The molecular formula is C18H15N5O. The third kappa shape index (κ3) is 3.47. The van der Waals surface area contributed by atoms with E-state index in [1.165, 1.54) is 0 Å². The first-order valence-corrected chi connectivity index (χ1v) is 7.37. The van der Waals surface area contributed by atoms with Crippen molar-refractivity contribution in [3.05, 3.63) is 71.8 Å². The van der Waals surface area contributed by atoms with Crippen LogP contribution in [0, 0.1) is 11.3 Å². The molecule has 0 aliphatic heterocycles. The first-order valence-electron chi connectivity index (χ1n) is 7.37. The molecule has 0 fully saturated rings.